The standard InChI is InChI=1S/C11H11N5O3/c12-4-7-3-9(16(18)19)6-14-11(7)15-8-1-2-10(17)13-5-8/h3,6,8H,1-2,5H2,(H,13,17)(H,14,15). The predicted molar refractivity (Wildman–Crippen MR) is 65.3 cm³/mol. The highest BCUT2D eigenvalue weighted by molar-refractivity contribution is 5.77. The molecule has 1 aliphatic heterocycles. The summed E-state index contributed by atoms with van der Waals surface area (Å²) in [7, 11) is 0. The van der Waals surface area contributed by atoms with Crippen molar-refractivity contribution in [3.05, 3.63) is 27.9 Å². The Balaban J connectivity index is 2.14. The number of hydrogen-bond donors (Lipinski definition) is 2. The van der Waals surface area contributed by atoms with Crippen LogP contribution in [0.2, 0.25) is 0 Å². The molecular weight excluding hydrogens is 250 g/mol. The van der Waals surface area contributed by atoms with Crippen LogP contribution in [0, 0.1) is 21.4 Å². The molecule has 8 nitrogen and oxygen atoms in total. The molecule has 1 aromatic heterocycles. The monoisotopic (exact) mass is 261 g/mol. The zero-order valence-electron chi connectivity index (χ0n) is 9.92. The summed E-state index contributed by atoms with van der Waals surface area (Å²) in [5, 5.41) is 25.3. The fraction of sp³-hybridized carbons (Fsp3) is 0.364. The van der Waals surface area contributed by atoms with Gasteiger partial charge in [0.2, 0.25) is 5.91 Å². The number of nitriles is 1. The van der Waals surface area contributed by atoms with Gasteiger partial charge in [-0.25, -0.2) is 4.98 Å². The van der Waals surface area contributed by atoms with Gasteiger partial charge < -0.3 is 10.6 Å². The number of rotatable bonds is 3. The lowest BCUT2D eigenvalue weighted by Crippen LogP contribution is -2.42. The number of carbonyl (C=O) groups is 1. The SMILES string of the molecule is N#Cc1cc([N+](=O)[O-])cnc1NC1CCC(=O)NC1. The molecule has 2 heterocycles. The van der Waals surface area contributed by atoms with Crippen molar-refractivity contribution >= 4 is 17.4 Å². The van der Waals surface area contributed by atoms with Crippen molar-refractivity contribution in [2.45, 2.75) is 18.9 Å². The lowest BCUT2D eigenvalue weighted by atomic mass is 10.1. The van der Waals surface area contributed by atoms with E-state index >= 15 is 0 Å². The average Bonchev–Trinajstić information content (AvgIpc) is 2.41. The second kappa shape index (κ2) is 5.30. The molecule has 1 atom stereocenters. The first-order valence-electron chi connectivity index (χ1n) is 5.68. The van der Waals surface area contributed by atoms with Crippen molar-refractivity contribution in [2.75, 3.05) is 11.9 Å². The molecule has 1 aliphatic rings. The van der Waals surface area contributed by atoms with Crippen molar-refractivity contribution in [3.8, 4) is 6.07 Å². The van der Waals surface area contributed by atoms with Crippen LogP contribution in [0.1, 0.15) is 18.4 Å². The van der Waals surface area contributed by atoms with Gasteiger partial charge in [0.1, 0.15) is 23.6 Å². The van der Waals surface area contributed by atoms with E-state index in [1.54, 1.807) is 0 Å². The average molecular weight is 261 g/mol. The van der Waals surface area contributed by atoms with Gasteiger partial charge in [0.05, 0.1) is 4.92 Å². The molecule has 1 amide bonds. The zero-order chi connectivity index (χ0) is 13.8. The second-order valence-electron chi connectivity index (χ2n) is 4.14. The Morgan fingerprint density at radius 2 is 2.42 bits per heavy atom. The number of nitrogens with zero attached hydrogens (tertiary/aromatic N) is 3. The van der Waals surface area contributed by atoms with Crippen molar-refractivity contribution in [1.82, 2.24) is 10.3 Å². The topological polar surface area (TPSA) is 121 Å². The summed E-state index contributed by atoms with van der Waals surface area (Å²) in [6.07, 6.45) is 2.15. The highest BCUT2D eigenvalue weighted by atomic mass is 16.6. The Labute approximate surface area is 108 Å². The van der Waals surface area contributed by atoms with Crippen LogP contribution in [0.4, 0.5) is 11.5 Å². The minimum Gasteiger partial charge on any atom is -0.364 e. The van der Waals surface area contributed by atoms with Crippen molar-refractivity contribution in [1.29, 1.82) is 5.26 Å². The minimum atomic E-state index is -0.599. The molecule has 0 aliphatic carbocycles. The van der Waals surface area contributed by atoms with E-state index in [0.717, 1.165) is 6.20 Å². The summed E-state index contributed by atoms with van der Waals surface area (Å²) in [6, 6.07) is 3.02. The van der Waals surface area contributed by atoms with Gasteiger partial charge in [-0.2, -0.15) is 5.26 Å². The third kappa shape index (κ3) is 2.95. The van der Waals surface area contributed by atoms with Crippen LogP contribution in [0.15, 0.2) is 12.3 Å². The number of pyridine rings is 1. The molecule has 19 heavy (non-hydrogen) atoms. The van der Waals surface area contributed by atoms with E-state index in [1.165, 1.54) is 6.07 Å². The van der Waals surface area contributed by atoms with Gasteiger partial charge in [-0.05, 0) is 6.42 Å². The minimum absolute atomic E-state index is 0.00443. The van der Waals surface area contributed by atoms with E-state index in [2.05, 4.69) is 15.6 Å². The maximum atomic E-state index is 11.0. The second-order valence-corrected chi connectivity index (χ2v) is 4.14. The van der Waals surface area contributed by atoms with E-state index in [-0.39, 0.29) is 23.2 Å². The molecule has 0 bridgehead atoms. The molecule has 98 valence electrons. The lowest BCUT2D eigenvalue weighted by Gasteiger charge is -2.24. The summed E-state index contributed by atoms with van der Waals surface area (Å²) in [5.74, 6) is 0.296. The van der Waals surface area contributed by atoms with Crippen LogP contribution in [-0.2, 0) is 4.79 Å². The maximum Gasteiger partial charge on any atom is 0.289 e. The lowest BCUT2D eigenvalue weighted by molar-refractivity contribution is -0.385. The van der Waals surface area contributed by atoms with Gasteiger partial charge in [-0.1, -0.05) is 0 Å². The fourth-order valence-electron chi connectivity index (χ4n) is 1.80. The maximum absolute atomic E-state index is 11.0. The van der Waals surface area contributed by atoms with Gasteiger partial charge in [-0.3, -0.25) is 14.9 Å². The van der Waals surface area contributed by atoms with Crippen molar-refractivity contribution in [3.63, 3.8) is 0 Å². The molecule has 1 aromatic rings. The normalized spacial score (nSPS) is 18.3. The largest absolute Gasteiger partial charge is 0.364 e. The van der Waals surface area contributed by atoms with Gasteiger partial charge in [0.15, 0.2) is 0 Å². The van der Waals surface area contributed by atoms with Crippen molar-refractivity contribution < 1.29 is 9.72 Å². The van der Waals surface area contributed by atoms with E-state index < -0.39 is 4.92 Å². The molecule has 2 rings (SSSR count). The number of aromatic nitrogens is 1. The highest BCUT2D eigenvalue weighted by Gasteiger charge is 2.20. The van der Waals surface area contributed by atoms with Crippen LogP contribution in [-0.4, -0.2) is 28.4 Å². The van der Waals surface area contributed by atoms with Crippen LogP contribution >= 0.6 is 0 Å². The molecule has 1 unspecified atom stereocenters. The molecule has 8 heteroatoms. The molecule has 0 aromatic carbocycles. The van der Waals surface area contributed by atoms with Crippen LogP contribution in [0.3, 0.4) is 0 Å². The van der Waals surface area contributed by atoms with E-state index in [9.17, 15) is 14.9 Å². The molecule has 0 radical (unpaired) electrons. The molecule has 1 saturated heterocycles. The summed E-state index contributed by atoms with van der Waals surface area (Å²) < 4.78 is 0. The number of hydrogen-bond acceptors (Lipinski definition) is 6. The molecule has 0 spiro atoms. The first kappa shape index (κ1) is 12.8. The van der Waals surface area contributed by atoms with E-state index in [4.69, 9.17) is 5.26 Å². The van der Waals surface area contributed by atoms with E-state index in [0.29, 0.717) is 25.2 Å². The van der Waals surface area contributed by atoms with Gasteiger partial charge >= 0.3 is 0 Å². The third-order valence-corrected chi connectivity index (χ3v) is 2.81. The Morgan fingerprint density at radius 3 is 3.00 bits per heavy atom. The zero-order valence-corrected chi connectivity index (χ0v) is 9.92. The Kier molecular flexibility index (Phi) is 3.56. The smallest absolute Gasteiger partial charge is 0.289 e. The van der Waals surface area contributed by atoms with E-state index in [1.807, 2.05) is 6.07 Å². The summed E-state index contributed by atoms with van der Waals surface area (Å²) in [5.41, 5.74) is -0.106. The van der Waals surface area contributed by atoms with Crippen molar-refractivity contribution in [2.24, 2.45) is 0 Å². The summed E-state index contributed by atoms with van der Waals surface area (Å²) in [6.45, 7) is 0.447. The van der Waals surface area contributed by atoms with Gasteiger partial charge in [0.25, 0.3) is 5.69 Å². The first-order chi connectivity index (χ1) is 9.10. The van der Waals surface area contributed by atoms with Gasteiger partial charge in [-0.15, -0.1) is 0 Å². The summed E-state index contributed by atoms with van der Waals surface area (Å²) in [4.78, 5) is 24.9. The number of nitro groups is 1. The Hall–Kier alpha value is -2.69. The number of carbonyl (C=O) groups excluding carboxylic acids is 1. The van der Waals surface area contributed by atoms with Crippen LogP contribution < -0.4 is 10.6 Å². The third-order valence-electron chi connectivity index (χ3n) is 2.81. The Bertz CT molecular complexity index is 556. The quantitative estimate of drug-likeness (QED) is 0.605. The number of piperidine rings is 1. The first-order valence-corrected chi connectivity index (χ1v) is 5.68. The van der Waals surface area contributed by atoms with Crippen LogP contribution in [0.5, 0.6) is 0 Å². The predicted octanol–water partition coefficient (Wildman–Crippen LogP) is 0.552. The van der Waals surface area contributed by atoms with Crippen LogP contribution in [0.25, 0.3) is 0 Å². The number of amides is 1. The van der Waals surface area contributed by atoms with Gasteiger partial charge in [0, 0.05) is 25.1 Å². The number of nitrogens with one attached hydrogen (secondary N) is 2. The molecule has 2 N–H and O–H groups in total. The number of anilines is 1. The Morgan fingerprint density at radius 1 is 1.63 bits per heavy atom. The highest BCUT2D eigenvalue weighted by Crippen LogP contribution is 2.20. The molecule has 0 saturated carbocycles. The fourth-order valence-corrected chi connectivity index (χ4v) is 1.80. The molecular formula is C11H11N5O3. The summed E-state index contributed by atoms with van der Waals surface area (Å²) >= 11 is 0. The molecule has 1 fully saturated rings.